The molecule has 1 atom stereocenters. The maximum atomic E-state index is 12.1. The summed E-state index contributed by atoms with van der Waals surface area (Å²) in [5.41, 5.74) is 1.55. The van der Waals surface area contributed by atoms with Crippen molar-refractivity contribution in [3.8, 4) is 11.3 Å². The third-order valence-corrected chi connectivity index (χ3v) is 3.74. The molecule has 0 spiro atoms. The third-order valence-electron chi connectivity index (χ3n) is 3.74. The molecule has 1 aromatic carbocycles. The van der Waals surface area contributed by atoms with Crippen molar-refractivity contribution >= 4 is 25.4 Å². The lowest BCUT2D eigenvalue weighted by atomic mass is 9.95. The molecule has 1 amide bonds. The van der Waals surface area contributed by atoms with Crippen molar-refractivity contribution in [2.75, 3.05) is 6.61 Å². The van der Waals surface area contributed by atoms with Crippen molar-refractivity contribution < 1.29 is 19.1 Å². The van der Waals surface area contributed by atoms with Gasteiger partial charge in [0.15, 0.2) is 0 Å². The minimum absolute atomic E-state index is 0.00845. The Morgan fingerprint density at radius 3 is 2.46 bits per heavy atom. The number of imidazole rings is 1. The van der Waals surface area contributed by atoms with Crippen LogP contribution in [0.5, 0.6) is 0 Å². The number of carbonyl (C=O) groups excluding carboxylic acids is 2. The highest BCUT2D eigenvalue weighted by atomic mass is 16.6. The summed E-state index contributed by atoms with van der Waals surface area (Å²) in [6.45, 7) is 9.18. The molecule has 0 bridgehead atoms. The van der Waals surface area contributed by atoms with Crippen molar-refractivity contribution in [3.05, 3.63) is 36.3 Å². The minimum atomic E-state index is -0.612. The fraction of sp³-hybridized carbons (Fsp3) is 0.450. The van der Waals surface area contributed by atoms with Gasteiger partial charge in [0, 0.05) is 11.8 Å². The lowest BCUT2D eigenvalue weighted by Gasteiger charge is -2.22. The lowest BCUT2D eigenvalue weighted by molar-refractivity contribution is -0.143. The van der Waals surface area contributed by atoms with Crippen LogP contribution in [-0.4, -0.2) is 41.7 Å². The van der Waals surface area contributed by atoms with E-state index in [4.69, 9.17) is 17.3 Å². The van der Waals surface area contributed by atoms with Crippen LogP contribution in [0.2, 0.25) is 0 Å². The van der Waals surface area contributed by atoms with E-state index in [1.807, 2.05) is 12.1 Å². The number of ether oxygens (including phenoxy) is 2. The number of amides is 1. The summed E-state index contributed by atoms with van der Waals surface area (Å²) in [7, 11) is 5.74. The Bertz CT molecular complexity index is 825. The summed E-state index contributed by atoms with van der Waals surface area (Å²) in [6.07, 6.45) is 1.20. The Morgan fingerprint density at radius 1 is 1.25 bits per heavy atom. The Kier molecular flexibility index (Phi) is 6.88. The van der Waals surface area contributed by atoms with Crippen molar-refractivity contribution in [2.24, 2.45) is 0 Å². The van der Waals surface area contributed by atoms with Crippen molar-refractivity contribution in [2.45, 2.75) is 52.8 Å². The zero-order valence-corrected chi connectivity index (χ0v) is 17.0. The lowest BCUT2D eigenvalue weighted by Crippen LogP contribution is -2.35. The van der Waals surface area contributed by atoms with E-state index in [0.29, 0.717) is 23.6 Å². The molecule has 1 N–H and O–H groups in total. The SMILES string of the molecule is [B]c1ccc(-c2cn(CC(=O)OCC)c(C(C)NC(=O)OC(C)(C)C)n2)cc1. The molecule has 2 radical (unpaired) electrons. The van der Waals surface area contributed by atoms with Crippen molar-refractivity contribution in [1.29, 1.82) is 0 Å². The zero-order valence-electron chi connectivity index (χ0n) is 17.0. The summed E-state index contributed by atoms with van der Waals surface area (Å²) in [6, 6.07) is 6.78. The average Bonchev–Trinajstić information content (AvgIpc) is 2.97. The van der Waals surface area contributed by atoms with Crippen LogP contribution >= 0.6 is 0 Å². The maximum Gasteiger partial charge on any atom is 0.408 e. The number of carbonyl (C=O) groups is 2. The average molecular weight is 383 g/mol. The number of alkyl carbamates (subject to hydrolysis) is 1. The molecule has 148 valence electrons. The Labute approximate surface area is 166 Å². The molecule has 1 heterocycles. The summed E-state index contributed by atoms with van der Waals surface area (Å²) in [5, 5.41) is 2.76. The fourth-order valence-electron chi connectivity index (χ4n) is 2.59. The van der Waals surface area contributed by atoms with Gasteiger partial charge < -0.3 is 19.4 Å². The van der Waals surface area contributed by atoms with E-state index in [2.05, 4.69) is 10.3 Å². The second-order valence-corrected chi connectivity index (χ2v) is 7.41. The summed E-state index contributed by atoms with van der Waals surface area (Å²) < 4.78 is 12.0. The molecule has 0 saturated heterocycles. The van der Waals surface area contributed by atoms with Crippen LogP contribution in [0.15, 0.2) is 30.5 Å². The number of hydrogen-bond donors (Lipinski definition) is 1. The van der Waals surface area contributed by atoms with E-state index in [0.717, 1.165) is 5.56 Å². The minimum Gasteiger partial charge on any atom is -0.465 e. The predicted octanol–water partition coefficient (Wildman–Crippen LogP) is 2.49. The van der Waals surface area contributed by atoms with Gasteiger partial charge in [0.05, 0.1) is 18.3 Å². The van der Waals surface area contributed by atoms with Gasteiger partial charge in [-0.3, -0.25) is 4.79 Å². The van der Waals surface area contributed by atoms with Crippen molar-refractivity contribution in [1.82, 2.24) is 14.9 Å². The quantitative estimate of drug-likeness (QED) is 0.612. The number of esters is 1. The van der Waals surface area contributed by atoms with Gasteiger partial charge in [0.2, 0.25) is 0 Å². The normalized spacial score (nSPS) is 12.3. The second-order valence-electron chi connectivity index (χ2n) is 7.41. The highest BCUT2D eigenvalue weighted by molar-refractivity contribution is 6.32. The smallest absolute Gasteiger partial charge is 0.408 e. The number of nitrogens with zero attached hydrogens (tertiary/aromatic N) is 2. The first kappa shape index (κ1) is 21.5. The largest absolute Gasteiger partial charge is 0.465 e. The standard InChI is InChI=1S/C20H26BN3O4/c1-6-27-17(25)12-24-11-16(14-7-9-15(21)10-8-14)23-18(24)13(2)22-19(26)28-20(3,4)5/h7-11,13H,6,12H2,1-5H3,(H,22,26). The monoisotopic (exact) mass is 383 g/mol. The molecule has 0 aliphatic rings. The third kappa shape index (κ3) is 6.15. The van der Waals surface area contributed by atoms with Gasteiger partial charge in [-0.2, -0.15) is 0 Å². The molecular formula is C20H26BN3O4. The van der Waals surface area contributed by atoms with E-state index in [1.165, 1.54) is 0 Å². The highest BCUT2D eigenvalue weighted by Gasteiger charge is 2.22. The van der Waals surface area contributed by atoms with Crippen LogP contribution in [0.4, 0.5) is 4.79 Å². The second kappa shape index (κ2) is 8.95. The predicted molar refractivity (Wildman–Crippen MR) is 107 cm³/mol. The number of hydrogen-bond acceptors (Lipinski definition) is 5. The van der Waals surface area contributed by atoms with Crippen LogP contribution in [0.25, 0.3) is 11.3 Å². The zero-order chi connectivity index (χ0) is 20.9. The number of nitrogens with one attached hydrogen (secondary N) is 1. The number of benzene rings is 1. The first-order valence-electron chi connectivity index (χ1n) is 9.17. The molecule has 28 heavy (non-hydrogen) atoms. The van der Waals surface area contributed by atoms with E-state index in [-0.39, 0.29) is 12.5 Å². The van der Waals surface area contributed by atoms with Gasteiger partial charge >= 0.3 is 12.1 Å². The van der Waals surface area contributed by atoms with Gasteiger partial charge in [-0.15, -0.1) is 0 Å². The van der Waals surface area contributed by atoms with Crippen LogP contribution in [0.3, 0.4) is 0 Å². The van der Waals surface area contributed by atoms with Crippen LogP contribution in [-0.2, 0) is 20.8 Å². The molecule has 0 saturated carbocycles. The molecule has 2 aromatic rings. The van der Waals surface area contributed by atoms with Crippen LogP contribution in [0.1, 0.15) is 46.5 Å². The van der Waals surface area contributed by atoms with E-state index in [1.54, 1.807) is 57.5 Å². The molecular weight excluding hydrogens is 357 g/mol. The van der Waals surface area contributed by atoms with Crippen LogP contribution in [0, 0.1) is 0 Å². The van der Waals surface area contributed by atoms with E-state index >= 15 is 0 Å². The molecule has 0 fully saturated rings. The van der Waals surface area contributed by atoms with Gasteiger partial charge in [0.25, 0.3) is 0 Å². The summed E-state index contributed by atoms with van der Waals surface area (Å²) in [4.78, 5) is 28.7. The first-order valence-corrected chi connectivity index (χ1v) is 9.17. The molecule has 2 rings (SSSR count). The van der Waals surface area contributed by atoms with Crippen molar-refractivity contribution in [3.63, 3.8) is 0 Å². The molecule has 1 aromatic heterocycles. The van der Waals surface area contributed by atoms with Gasteiger partial charge in [-0.1, -0.05) is 29.7 Å². The number of aromatic nitrogens is 2. The fourth-order valence-corrected chi connectivity index (χ4v) is 2.59. The van der Waals surface area contributed by atoms with Gasteiger partial charge in [-0.25, -0.2) is 9.78 Å². The highest BCUT2D eigenvalue weighted by Crippen LogP contribution is 2.22. The maximum absolute atomic E-state index is 12.1. The molecule has 8 heteroatoms. The number of rotatable bonds is 6. The topological polar surface area (TPSA) is 82.5 Å². The Hall–Kier alpha value is -2.77. The summed E-state index contributed by atoms with van der Waals surface area (Å²) in [5.74, 6) is 0.139. The molecule has 1 unspecified atom stereocenters. The van der Waals surface area contributed by atoms with E-state index in [9.17, 15) is 9.59 Å². The molecule has 0 aliphatic heterocycles. The van der Waals surface area contributed by atoms with Gasteiger partial charge in [-0.05, 0) is 34.6 Å². The first-order chi connectivity index (χ1) is 13.1. The molecule has 7 nitrogen and oxygen atoms in total. The summed E-state index contributed by atoms with van der Waals surface area (Å²) >= 11 is 0. The molecule has 0 aliphatic carbocycles. The van der Waals surface area contributed by atoms with Gasteiger partial charge in [0.1, 0.15) is 25.8 Å². The Morgan fingerprint density at radius 2 is 1.89 bits per heavy atom. The Balaban J connectivity index is 2.29. The van der Waals surface area contributed by atoms with Crippen LogP contribution < -0.4 is 10.8 Å². The van der Waals surface area contributed by atoms with E-state index < -0.39 is 17.7 Å².